The predicted octanol–water partition coefficient (Wildman–Crippen LogP) is 3.86. The first-order chi connectivity index (χ1) is 7.31. The normalized spacial score (nSPS) is 10.8. The molecule has 15 heavy (non-hydrogen) atoms. The molecular weight excluding hydrogens is 188 g/mol. The summed E-state index contributed by atoms with van der Waals surface area (Å²) in [6.07, 6.45) is 11.5. The third kappa shape index (κ3) is 11.1. The van der Waals surface area contributed by atoms with E-state index in [-0.39, 0.29) is 5.97 Å². The second-order valence-corrected chi connectivity index (χ2v) is 3.75. The molecule has 0 aromatic carbocycles. The van der Waals surface area contributed by atoms with Gasteiger partial charge in [-0.1, -0.05) is 45.3 Å². The van der Waals surface area contributed by atoms with Crippen LogP contribution in [0.3, 0.4) is 0 Å². The standard InChI is InChI=1S/C13H24O2/c1-3-5-6-7-8-9-10-11-13(14)15-12-4-2/h9-10H,3-8,11-12H2,1-2H3/b10-9+. The highest BCUT2D eigenvalue weighted by Gasteiger charge is 1.96. The average Bonchev–Trinajstić information content (AvgIpc) is 2.25. The second-order valence-electron chi connectivity index (χ2n) is 3.75. The van der Waals surface area contributed by atoms with Gasteiger partial charge in [-0.25, -0.2) is 0 Å². The van der Waals surface area contributed by atoms with Gasteiger partial charge in [-0.15, -0.1) is 0 Å². The van der Waals surface area contributed by atoms with Crippen LogP contribution in [-0.2, 0) is 9.53 Å². The molecule has 2 heteroatoms. The van der Waals surface area contributed by atoms with Crippen LogP contribution in [0.2, 0.25) is 0 Å². The monoisotopic (exact) mass is 212 g/mol. The van der Waals surface area contributed by atoms with Crippen molar-refractivity contribution >= 4 is 5.97 Å². The zero-order valence-corrected chi connectivity index (χ0v) is 10.1. The minimum Gasteiger partial charge on any atom is -0.465 e. The molecule has 0 aliphatic rings. The molecule has 0 saturated heterocycles. The van der Waals surface area contributed by atoms with E-state index in [0.717, 1.165) is 12.8 Å². The van der Waals surface area contributed by atoms with Crippen molar-refractivity contribution in [2.24, 2.45) is 0 Å². The van der Waals surface area contributed by atoms with Gasteiger partial charge in [0, 0.05) is 0 Å². The van der Waals surface area contributed by atoms with Crippen LogP contribution in [0.15, 0.2) is 12.2 Å². The number of hydrogen-bond donors (Lipinski definition) is 0. The van der Waals surface area contributed by atoms with E-state index >= 15 is 0 Å². The van der Waals surface area contributed by atoms with Crippen molar-refractivity contribution < 1.29 is 9.53 Å². The zero-order valence-electron chi connectivity index (χ0n) is 10.1. The Morgan fingerprint density at radius 3 is 2.53 bits per heavy atom. The van der Waals surface area contributed by atoms with Crippen molar-refractivity contribution in [3.63, 3.8) is 0 Å². The van der Waals surface area contributed by atoms with Crippen molar-refractivity contribution in [3.05, 3.63) is 12.2 Å². The van der Waals surface area contributed by atoms with Crippen molar-refractivity contribution in [2.75, 3.05) is 6.61 Å². The van der Waals surface area contributed by atoms with Crippen LogP contribution < -0.4 is 0 Å². The van der Waals surface area contributed by atoms with Crippen molar-refractivity contribution in [1.29, 1.82) is 0 Å². The molecule has 0 bridgehead atoms. The summed E-state index contributed by atoms with van der Waals surface area (Å²) >= 11 is 0. The first-order valence-corrected chi connectivity index (χ1v) is 6.11. The summed E-state index contributed by atoms with van der Waals surface area (Å²) in [7, 11) is 0. The van der Waals surface area contributed by atoms with E-state index in [2.05, 4.69) is 13.0 Å². The first-order valence-electron chi connectivity index (χ1n) is 6.11. The Labute approximate surface area is 93.7 Å². The highest BCUT2D eigenvalue weighted by atomic mass is 16.5. The zero-order chi connectivity index (χ0) is 11.4. The summed E-state index contributed by atoms with van der Waals surface area (Å²) in [5, 5.41) is 0. The fourth-order valence-electron chi connectivity index (χ4n) is 1.26. The van der Waals surface area contributed by atoms with Gasteiger partial charge in [0.25, 0.3) is 0 Å². The van der Waals surface area contributed by atoms with Crippen LogP contribution in [-0.4, -0.2) is 12.6 Å². The maximum Gasteiger partial charge on any atom is 0.309 e. The molecule has 0 radical (unpaired) electrons. The number of ether oxygens (including phenoxy) is 1. The maximum atomic E-state index is 11.1. The molecule has 0 aromatic rings. The molecule has 0 saturated carbocycles. The molecule has 0 fully saturated rings. The van der Waals surface area contributed by atoms with Crippen LogP contribution in [0.4, 0.5) is 0 Å². The molecule has 0 amide bonds. The molecule has 0 rings (SSSR count). The Bertz CT molecular complexity index is 173. The van der Waals surface area contributed by atoms with Crippen LogP contribution in [0.5, 0.6) is 0 Å². The second kappa shape index (κ2) is 11.3. The lowest BCUT2D eigenvalue weighted by Crippen LogP contribution is -2.03. The van der Waals surface area contributed by atoms with E-state index in [0.29, 0.717) is 13.0 Å². The number of esters is 1. The summed E-state index contributed by atoms with van der Waals surface area (Å²) in [5.41, 5.74) is 0. The highest BCUT2D eigenvalue weighted by molar-refractivity contribution is 5.71. The van der Waals surface area contributed by atoms with Crippen LogP contribution in [0.1, 0.15) is 58.8 Å². The molecule has 0 unspecified atom stereocenters. The van der Waals surface area contributed by atoms with Gasteiger partial charge >= 0.3 is 5.97 Å². The third-order valence-corrected chi connectivity index (χ3v) is 2.14. The summed E-state index contributed by atoms with van der Waals surface area (Å²) in [6.45, 7) is 4.75. The quantitative estimate of drug-likeness (QED) is 0.329. The Hall–Kier alpha value is -0.790. The molecular formula is C13H24O2. The number of rotatable bonds is 9. The molecule has 2 nitrogen and oxygen atoms in total. The van der Waals surface area contributed by atoms with E-state index in [1.165, 1.54) is 25.7 Å². The fourth-order valence-corrected chi connectivity index (χ4v) is 1.26. The van der Waals surface area contributed by atoms with Crippen LogP contribution in [0.25, 0.3) is 0 Å². The van der Waals surface area contributed by atoms with E-state index in [4.69, 9.17) is 4.74 Å². The highest BCUT2D eigenvalue weighted by Crippen LogP contribution is 2.03. The third-order valence-electron chi connectivity index (χ3n) is 2.14. The van der Waals surface area contributed by atoms with Crippen LogP contribution in [0, 0.1) is 0 Å². The van der Waals surface area contributed by atoms with E-state index in [1.807, 2.05) is 13.0 Å². The first kappa shape index (κ1) is 14.2. The van der Waals surface area contributed by atoms with E-state index in [1.54, 1.807) is 0 Å². The van der Waals surface area contributed by atoms with Gasteiger partial charge in [0.2, 0.25) is 0 Å². The molecule has 0 N–H and O–H groups in total. The largest absolute Gasteiger partial charge is 0.465 e. The smallest absolute Gasteiger partial charge is 0.309 e. The summed E-state index contributed by atoms with van der Waals surface area (Å²) in [4.78, 5) is 11.1. The Morgan fingerprint density at radius 2 is 1.87 bits per heavy atom. The molecule has 0 spiro atoms. The van der Waals surface area contributed by atoms with Crippen molar-refractivity contribution in [2.45, 2.75) is 58.8 Å². The fraction of sp³-hybridized carbons (Fsp3) is 0.769. The van der Waals surface area contributed by atoms with Gasteiger partial charge < -0.3 is 4.74 Å². The Morgan fingerprint density at radius 1 is 1.07 bits per heavy atom. The van der Waals surface area contributed by atoms with Gasteiger partial charge in [0.05, 0.1) is 13.0 Å². The van der Waals surface area contributed by atoms with Crippen molar-refractivity contribution in [3.8, 4) is 0 Å². The minimum absolute atomic E-state index is 0.110. The number of carbonyl (C=O) groups excluding carboxylic acids is 1. The topological polar surface area (TPSA) is 26.3 Å². The molecule has 0 aromatic heterocycles. The maximum absolute atomic E-state index is 11.1. The average molecular weight is 212 g/mol. The van der Waals surface area contributed by atoms with E-state index < -0.39 is 0 Å². The van der Waals surface area contributed by atoms with E-state index in [9.17, 15) is 4.79 Å². The summed E-state index contributed by atoms with van der Waals surface area (Å²) < 4.78 is 4.95. The summed E-state index contributed by atoms with van der Waals surface area (Å²) in [6, 6.07) is 0. The van der Waals surface area contributed by atoms with Crippen molar-refractivity contribution in [1.82, 2.24) is 0 Å². The lowest BCUT2D eigenvalue weighted by atomic mass is 10.1. The Kier molecular flexibility index (Phi) is 10.7. The summed E-state index contributed by atoms with van der Waals surface area (Å²) in [5.74, 6) is -0.110. The SMILES string of the molecule is CCCCCC/C=C/CC(=O)OCCC. The molecule has 0 heterocycles. The van der Waals surface area contributed by atoms with Gasteiger partial charge in [-0.2, -0.15) is 0 Å². The van der Waals surface area contributed by atoms with Gasteiger partial charge in [-0.05, 0) is 19.3 Å². The molecule has 88 valence electrons. The lowest BCUT2D eigenvalue weighted by molar-refractivity contribution is -0.142. The molecule has 0 aliphatic carbocycles. The predicted molar refractivity (Wildman–Crippen MR) is 63.8 cm³/mol. The number of allylic oxidation sites excluding steroid dienone is 1. The lowest BCUT2D eigenvalue weighted by Gasteiger charge is -1.99. The van der Waals surface area contributed by atoms with Gasteiger partial charge in [-0.3, -0.25) is 4.79 Å². The minimum atomic E-state index is -0.110. The number of unbranched alkanes of at least 4 members (excludes halogenated alkanes) is 4. The molecule has 0 aliphatic heterocycles. The Balaban J connectivity index is 3.25. The van der Waals surface area contributed by atoms with Crippen LogP contribution >= 0.6 is 0 Å². The number of carbonyl (C=O) groups is 1. The molecule has 0 atom stereocenters. The van der Waals surface area contributed by atoms with Gasteiger partial charge in [0.15, 0.2) is 0 Å². The van der Waals surface area contributed by atoms with Gasteiger partial charge in [0.1, 0.15) is 0 Å². The number of hydrogen-bond acceptors (Lipinski definition) is 2.